The first kappa shape index (κ1) is 16.2. The lowest BCUT2D eigenvalue weighted by Gasteiger charge is -2.34. The molecule has 0 bridgehead atoms. The zero-order chi connectivity index (χ0) is 15.6. The zero-order valence-electron chi connectivity index (χ0n) is 12.5. The summed E-state index contributed by atoms with van der Waals surface area (Å²) in [5.41, 5.74) is 1.27. The highest BCUT2D eigenvalue weighted by Gasteiger charge is 2.35. The number of aliphatic hydroxyl groups is 1. The van der Waals surface area contributed by atoms with E-state index in [4.69, 9.17) is 9.47 Å². The number of methoxy groups -OCH3 is 1. The highest BCUT2D eigenvalue weighted by atomic mass is 32.2. The van der Waals surface area contributed by atoms with Crippen molar-refractivity contribution >= 4 is 10.0 Å². The van der Waals surface area contributed by atoms with Gasteiger partial charge in [0.15, 0.2) is 0 Å². The van der Waals surface area contributed by atoms with Gasteiger partial charge >= 0.3 is 0 Å². The normalized spacial score (nSPS) is 20.5. The maximum absolute atomic E-state index is 12.9. The lowest BCUT2D eigenvalue weighted by atomic mass is 10.1. The van der Waals surface area contributed by atoms with E-state index in [1.807, 2.05) is 0 Å². The molecule has 1 aliphatic rings. The minimum atomic E-state index is -3.67. The molecule has 0 amide bonds. The summed E-state index contributed by atoms with van der Waals surface area (Å²) >= 11 is 0. The van der Waals surface area contributed by atoms with Crippen molar-refractivity contribution < 1.29 is 23.0 Å². The molecule has 1 fully saturated rings. The largest absolute Gasteiger partial charge is 0.497 e. The topological polar surface area (TPSA) is 76.1 Å². The predicted molar refractivity (Wildman–Crippen MR) is 78.1 cm³/mol. The summed E-state index contributed by atoms with van der Waals surface area (Å²) in [6.45, 7) is 4.04. The van der Waals surface area contributed by atoms with Gasteiger partial charge in [0.25, 0.3) is 0 Å². The van der Waals surface area contributed by atoms with Gasteiger partial charge in [-0.25, -0.2) is 8.42 Å². The SMILES string of the molecule is COc1cc(C)c(S(=O)(=O)N2CCOCC2CO)c(C)c1. The molecule has 0 saturated carbocycles. The second kappa shape index (κ2) is 6.31. The van der Waals surface area contributed by atoms with Crippen molar-refractivity contribution in [3.05, 3.63) is 23.3 Å². The molecule has 1 saturated heterocycles. The molecule has 1 N–H and O–H groups in total. The number of sulfonamides is 1. The smallest absolute Gasteiger partial charge is 0.244 e. The van der Waals surface area contributed by atoms with Crippen LogP contribution in [0.4, 0.5) is 0 Å². The molecule has 0 aliphatic carbocycles. The number of morpholine rings is 1. The molecule has 1 atom stereocenters. The molecule has 2 rings (SSSR count). The fraction of sp³-hybridized carbons (Fsp3) is 0.571. The van der Waals surface area contributed by atoms with Crippen LogP contribution in [-0.2, 0) is 14.8 Å². The van der Waals surface area contributed by atoms with Gasteiger partial charge in [-0.05, 0) is 37.1 Å². The number of ether oxygens (including phenoxy) is 2. The lowest BCUT2D eigenvalue weighted by Crippen LogP contribution is -2.50. The van der Waals surface area contributed by atoms with Gasteiger partial charge in [0, 0.05) is 6.54 Å². The first-order valence-corrected chi connectivity index (χ1v) is 8.21. The van der Waals surface area contributed by atoms with E-state index in [0.717, 1.165) is 0 Å². The van der Waals surface area contributed by atoms with Crippen LogP contribution in [0.25, 0.3) is 0 Å². The van der Waals surface area contributed by atoms with Crippen LogP contribution in [0.3, 0.4) is 0 Å². The summed E-state index contributed by atoms with van der Waals surface area (Å²) in [7, 11) is -2.12. The zero-order valence-corrected chi connectivity index (χ0v) is 13.3. The molecule has 0 radical (unpaired) electrons. The van der Waals surface area contributed by atoms with Gasteiger partial charge in [0.1, 0.15) is 5.75 Å². The Morgan fingerprint density at radius 3 is 2.52 bits per heavy atom. The van der Waals surface area contributed by atoms with Gasteiger partial charge in [-0.3, -0.25) is 0 Å². The van der Waals surface area contributed by atoms with E-state index in [2.05, 4.69) is 0 Å². The van der Waals surface area contributed by atoms with Crippen molar-refractivity contribution in [1.82, 2.24) is 4.31 Å². The third-order valence-corrected chi connectivity index (χ3v) is 5.88. The van der Waals surface area contributed by atoms with Crippen molar-refractivity contribution in [3.63, 3.8) is 0 Å². The van der Waals surface area contributed by atoms with Crippen molar-refractivity contribution in [2.24, 2.45) is 0 Å². The first-order valence-electron chi connectivity index (χ1n) is 6.77. The van der Waals surface area contributed by atoms with Crippen molar-refractivity contribution in [2.75, 3.05) is 33.5 Å². The highest BCUT2D eigenvalue weighted by molar-refractivity contribution is 7.89. The van der Waals surface area contributed by atoms with Gasteiger partial charge in [-0.2, -0.15) is 4.31 Å². The Morgan fingerprint density at radius 2 is 2.00 bits per heavy atom. The summed E-state index contributed by atoms with van der Waals surface area (Å²) in [5, 5.41) is 9.39. The average Bonchev–Trinajstić information content (AvgIpc) is 2.46. The summed E-state index contributed by atoms with van der Waals surface area (Å²) in [6.07, 6.45) is 0. The molecule has 1 unspecified atom stereocenters. The number of nitrogens with zero attached hydrogens (tertiary/aromatic N) is 1. The van der Waals surface area contributed by atoms with Crippen LogP contribution in [0.15, 0.2) is 17.0 Å². The van der Waals surface area contributed by atoms with Crippen LogP contribution < -0.4 is 4.74 Å². The highest BCUT2D eigenvalue weighted by Crippen LogP contribution is 2.29. The Hall–Kier alpha value is -1.15. The van der Waals surface area contributed by atoms with E-state index < -0.39 is 16.1 Å². The molecule has 21 heavy (non-hydrogen) atoms. The number of rotatable bonds is 4. The second-order valence-electron chi connectivity index (χ2n) is 5.12. The van der Waals surface area contributed by atoms with Crippen LogP contribution in [0.1, 0.15) is 11.1 Å². The number of aryl methyl sites for hydroxylation is 2. The molecule has 7 heteroatoms. The van der Waals surface area contributed by atoms with Gasteiger partial charge in [-0.15, -0.1) is 0 Å². The van der Waals surface area contributed by atoms with Crippen LogP contribution >= 0.6 is 0 Å². The van der Waals surface area contributed by atoms with E-state index in [0.29, 0.717) is 23.5 Å². The van der Waals surface area contributed by atoms with E-state index in [-0.39, 0.29) is 24.7 Å². The molecule has 118 valence electrons. The van der Waals surface area contributed by atoms with Crippen LogP contribution in [0.2, 0.25) is 0 Å². The van der Waals surface area contributed by atoms with Gasteiger partial charge in [0.05, 0.1) is 37.9 Å². The fourth-order valence-electron chi connectivity index (χ4n) is 2.65. The van der Waals surface area contributed by atoms with Crippen LogP contribution in [-0.4, -0.2) is 57.3 Å². The van der Waals surface area contributed by atoms with Crippen molar-refractivity contribution in [1.29, 1.82) is 0 Å². The fourth-order valence-corrected chi connectivity index (χ4v) is 4.65. The Bertz CT molecular complexity index is 591. The van der Waals surface area contributed by atoms with Crippen molar-refractivity contribution in [3.8, 4) is 5.75 Å². The monoisotopic (exact) mass is 315 g/mol. The second-order valence-corrected chi connectivity index (χ2v) is 6.94. The van der Waals surface area contributed by atoms with Crippen LogP contribution in [0.5, 0.6) is 5.75 Å². The number of benzene rings is 1. The molecule has 6 nitrogen and oxygen atoms in total. The van der Waals surface area contributed by atoms with Crippen LogP contribution in [0, 0.1) is 13.8 Å². The third kappa shape index (κ3) is 3.06. The molecular formula is C14H21NO5S. The molecule has 0 aromatic heterocycles. The Labute approximate surface area is 125 Å². The maximum Gasteiger partial charge on any atom is 0.244 e. The number of aliphatic hydroxyl groups excluding tert-OH is 1. The van der Waals surface area contributed by atoms with Gasteiger partial charge in [0.2, 0.25) is 10.0 Å². The quantitative estimate of drug-likeness (QED) is 0.885. The molecule has 1 aromatic carbocycles. The van der Waals surface area contributed by atoms with Gasteiger partial charge in [-0.1, -0.05) is 0 Å². The Morgan fingerprint density at radius 1 is 1.38 bits per heavy atom. The maximum atomic E-state index is 12.9. The van der Waals surface area contributed by atoms with E-state index in [1.54, 1.807) is 33.1 Å². The summed E-state index contributed by atoms with van der Waals surface area (Å²) in [6, 6.07) is 2.87. The summed E-state index contributed by atoms with van der Waals surface area (Å²) in [5.74, 6) is 0.629. The Balaban J connectivity index is 2.48. The molecule has 1 aromatic rings. The lowest BCUT2D eigenvalue weighted by molar-refractivity contribution is 0.0109. The van der Waals surface area contributed by atoms with E-state index in [1.165, 1.54) is 4.31 Å². The number of hydrogen-bond acceptors (Lipinski definition) is 5. The average molecular weight is 315 g/mol. The van der Waals surface area contributed by atoms with E-state index in [9.17, 15) is 13.5 Å². The van der Waals surface area contributed by atoms with E-state index >= 15 is 0 Å². The van der Waals surface area contributed by atoms with Gasteiger partial charge < -0.3 is 14.6 Å². The third-order valence-electron chi connectivity index (χ3n) is 3.62. The summed E-state index contributed by atoms with van der Waals surface area (Å²) < 4.78 is 37.6. The Kier molecular flexibility index (Phi) is 4.88. The minimum Gasteiger partial charge on any atom is -0.497 e. The molecule has 1 heterocycles. The van der Waals surface area contributed by atoms with Crippen molar-refractivity contribution in [2.45, 2.75) is 24.8 Å². The first-order chi connectivity index (χ1) is 9.91. The molecule has 0 spiro atoms. The summed E-state index contributed by atoms with van der Waals surface area (Å²) in [4.78, 5) is 0.281. The predicted octanol–water partition coefficient (Wildman–Crippen LogP) is 0.694. The minimum absolute atomic E-state index is 0.212. The molecule has 1 aliphatic heterocycles. The molecular weight excluding hydrogens is 294 g/mol. The standard InChI is InChI=1S/C14H21NO5S/c1-10-6-13(19-3)7-11(2)14(10)21(17,18)15-4-5-20-9-12(15)8-16/h6-7,12,16H,4-5,8-9H2,1-3H3. The number of hydrogen-bond donors (Lipinski definition) is 1.